The van der Waals surface area contributed by atoms with Crippen LogP contribution in [0.5, 0.6) is 5.75 Å². The van der Waals surface area contributed by atoms with Crippen molar-refractivity contribution in [2.45, 2.75) is 6.42 Å². The van der Waals surface area contributed by atoms with E-state index in [2.05, 4.69) is 4.98 Å². The molecule has 0 aliphatic carbocycles. The Morgan fingerprint density at radius 3 is 3.06 bits per heavy atom. The van der Waals surface area contributed by atoms with Crippen molar-refractivity contribution in [3.05, 3.63) is 34.5 Å². The van der Waals surface area contributed by atoms with E-state index >= 15 is 0 Å². The Hall–Kier alpha value is -1.82. The molecule has 0 aliphatic rings. The van der Waals surface area contributed by atoms with Crippen LogP contribution in [0, 0.1) is 0 Å². The number of thiophene rings is 1. The molecule has 17 heavy (non-hydrogen) atoms. The third kappa shape index (κ3) is 2.85. The van der Waals surface area contributed by atoms with Crippen molar-refractivity contribution in [3.63, 3.8) is 0 Å². The predicted octanol–water partition coefficient (Wildman–Crippen LogP) is 1.80. The molecular formula is C11H12N2O3S. The fraction of sp³-hybridized carbons (Fsp3) is 0.273. The van der Waals surface area contributed by atoms with Gasteiger partial charge in [-0.1, -0.05) is 0 Å². The fourth-order valence-corrected chi connectivity index (χ4v) is 2.07. The van der Waals surface area contributed by atoms with E-state index in [0.717, 1.165) is 17.2 Å². The Morgan fingerprint density at radius 2 is 2.47 bits per heavy atom. The molecule has 2 heterocycles. The molecule has 0 bridgehead atoms. The van der Waals surface area contributed by atoms with E-state index in [1.54, 1.807) is 11.6 Å². The molecule has 1 N–H and O–H groups in total. The second-order valence-electron chi connectivity index (χ2n) is 3.50. The van der Waals surface area contributed by atoms with Crippen LogP contribution in [-0.4, -0.2) is 27.2 Å². The largest absolute Gasteiger partial charge is 0.492 e. The van der Waals surface area contributed by atoms with Gasteiger partial charge in [0, 0.05) is 37.3 Å². The number of aromatic carboxylic acids is 1. The first-order valence-corrected chi connectivity index (χ1v) is 5.95. The highest BCUT2D eigenvalue weighted by Gasteiger charge is 2.07. The average Bonchev–Trinajstić information content (AvgIpc) is 2.89. The normalized spacial score (nSPS) is 10.4. The van der Waals surface area contributed by atoms with Crippen molar-refractivity contribution < 1.29 is 14.6 Å². The van der Waals surface area contributed by atoms with E-state index in [1.165, 1.54) is 6.07 Å². The number of nitrogens with zero attached hydrogens (tertiary/aromatic N) is 2. The third-order valence-corrected chi connectivity index (χ3v) is 3.20. The maximum atomic E-state index is 10.7. The second kappa shape index (κ2) is 5.01. The summed E-state index contributed by atoms with van der Waals surface area (Å²) in [5, 5.41) is 10.4. The van der Waals surface area contributed by atoms with Gasteiger partial charge in [-0.2, -0.15) is 0 Å². The van der Waals surface area contributed by atoms with Gasteiger partial charge in [0.15, 0.2) is 0 Å². The van der Waals surface area contributed by atoms with Crippen molar-refractivity contribution in [3.8, 4) is 5.75 Å². The summed E-state index contributed by atoms with van der Waals surface area (Å²) >= 11 is 1.16. The van der Waals surface area contributed by atoms with Crippen molar-refractivity contribution in [1.29, 1.82) is 0 Å². The van der Waals surface area contributed by atoms with Gasteiger partial charge in [-0.15, -0.1) is 11.3 Å². The van der Waals surface area contributed by atoms with Crippen LogP contribution in [-0.2, 0) is 13.5 Å². The quantitative estimate of drug-likeness (QED) is 0.881. The number of carbonyl (C=O) groups is 1. The minimum atomic E-state index is -0.922. The molecule has 0 amide bonds. The Kier molecular flexibility index (Phi) is 3.43. The lowest BCUT2D eigenvalue weighted by Crippen LogP contribution is -2.05. The lowest BCUT2D eigenvalue weighted by molar-refractivity contribution is 0.0702. The van der Waals surface area contributed by atoms with E-state index in [1.807, 2.05) is 17.8 Å². The number of rotatable bonds is 5. The summed E-state index contributed by atoms with van der Waals surface area (Å²) in [7, 11) is 1.93. The highest BCUT2D eigenvalue weighted by molar-refractivity contribution is 7.12. The Morgan fingerprint density at radius 1 is 1.65 bits per heavy atom. The maximum Gasteiger partial charge on any atom is 0.346 e. The first-order valence-electron chi connectivity index (χ1n) is 5.07. The molecule has 0 aromatic carbocycles. The molecule has 90 valence electrons. The number of ether oxygens (including phenoxy) is 1. The van der Waals surface area contributed by atoms with E-state index < -0.39 is 5.97 Å². The number of carboxylic acid groups (broad SMARTS) is 1. The van der Waals surface area contributed by atoms with Gasteiger partial charge in [0.05, 0.1) is 6.61 Å². The molecule has 0 atom stereocenters. The fourth-order valence-electron chi connectivity index (χ4n) is 1.40. The summed E-state index contributed by atoms with van der Waals surface area (Å²) in [6, 6.07) is 1.53. The summed E-state index contributed by atoms with van der Waals surface area (Å²) in [5.41, 5.74) is 0. The molecule has 2 aromatic rings. The zero-order valence-corrected chi connectivity index (χ0v) is 10.1. The van der Waals surface area contributed by atoms with Crippen LogP contribution in [0.15, 0.2) is 23.8 Å². The molecule has 0 saturated heterocycles. The molecule has 6 heteroatoms. The highest BCUT2D eigenvalue weighted by Crippen LogP contribution is 2.21. The van der Waals surface area contributed by atoms with Gasteiger partial charge in [-0.25, -0.2) is 9.78 Å². The first kappa shape index (κ1) is 11.7. The van der Waals surface area contributed by atoms with Crippen LogP contribution >= 0.6 is 11.3 Å². The predicted molar refractivity (Wildman–Crippen MR) is 63.7 cm³/mol. The van der Waals surface area contributed by atoms with Crippen molar-refractivity contribution in [2.24, 2.45) is 7.05 Å². The van der Waals surface area contributed by atoms with Gasteiger partial charge in [0.25, 0.3) is 0 Å². The monoisotopic (exact) mass is 252 g/mol. The van der Waals surface area contributed by atoms with E-state index in [0.29, 0.717) is 18.8 Å². The molecule has 5 nitrogen and oxygen atoms in total. The van der Waals surface area contributed by atoms with Crippen molar-refractivity contribution >= 4 is 17.3 Å². The summed E-state index contributed by atoms with van der Waals surface area (Å²) in [4.78, 5) is 15.1. The number of carboxylic acids is 1. The minimum Gasteiger partial charge on any atom is -0.492 e. The summed E-state index contributed by atoms with van der Waals surface area (Å²) in [6.45, 7) is 0.487. The van der Waals surface area contributed by atoms with E-state index in [9.17, 15) is 4.79 Å². The summed E-state index contributed by atoms with van der Waals surface area (Å²) in [6.07, 6.45) is 4.31. The molecular weight excluding hydrogens is 240 g/mol. The van der Waals surface area contributed by atoms with Crippen LogP contribution < -0.4 is 4.74 Å². The van der Waals surface area contributed by atoms with Gasteiger partial charge in [0.1, 0.15) is 16.5 Å². The number of hydrogen-bond acceptors (Lipinski definition) is 4. The minimum absolute atomic E-state index is 0.289. The van der Waals surface area contributed by atoms with Gasteiger partial charge in [-0.3, -0.25) is 0 Å². The van der Waals surface area contributed by atoms with E-state index in [-0.39, 0.29) is 4.88 Å². The molecule has 2 aromatic heterocycles. The van der Waals surface area contributed by atoms with Crippen LogP contribution in [0.1, 0.15) is 15.5 Å². The van der Waals surface area contributed by atoms with Gasteiger partial charge >= 0.3 is 5.97 Å². The molecule has 0 fully saturated rings. The molecule has 0 aliphatic heterocycles. The number of aromatic nitrogens is 2. The molecule has 0 saturated carbocycles. The molecule has 0 unspecified atom stereocenters. The molecule has 0 radical (unpaired) electrons. The molecule has 0 spiro atoms. The van der Waals surface area contributed by atoms with Crippen LogP contribution in [0.25, 0.3) is 0 Å². The topological polar surface area (TPSA) is 64.4 Å². The molecule has 2 rings (SSSR count). The Labute approximate surface area is 102 Å². The first-order chi connectivity index (χ1) is 8.16. The third-order valence-electron chi connectivity index (χ3n) is 2.30. The lowest BCUT2D eigenvalue weighted by atomic mass is 10.4. The smallest absolute Gasteiger partial charge is 0.346 e. The summed E-state index contributed by atoms with van der Waals surface area (Å²) in [5.74, 6) is 0.620. The Balaban J connectivity index is 1.86. The standard InChI is InChI=1S/C11H12N2O3S/c1-13-4-3-12-10(13)2-5-16-8-6-9(11(14)15)17-7-8/h3-4,6-7H,2,5H2,1H3,(H,14,15). The number of hydrogen-bond donors (Lipinski definition) is 1. The maximum absolute atomic E-state index is 10.7. The van der Waals surface area contributed by atoms with Gasteiger partial charge in [0.2, 0.25) is 0 Å². The Bertz CT molecular complexity index is 518. The van der Waals surface area contributed by atoms with E-state index in [4.69, 9.17) is 9.84 Å². The van der Waals surface area contributed by atoms with Crippen LogP contribution in [0.3, 0.4) is 0 Å². The van der Waals surface area contributed by atoms with Gasteiger partial charge < -0.3 is 14.4 Å². The van der Waals surface area contributed by atoms with Crippen molar-refractivity contribution in [1.82, 2.24) is 9.55 Å². The van der Waals surface area contributed by atoms with Crippen LogP contribution in [0.2, 0.25) is 0 Å². The average molecular weight is 252 g/mol. The zero-order valence-electron chi connectivity index (χ0n) is 9.29. The summed E-state index contributed by atoms with van der Waals surface area (Å²) < 4.78 is 7.39. The lowest BCUT2D eigenvalue weighted by Gasteiger charge is -2.03. The van der Waals surface area contributed by atoms with Crippen LogP contribution in [0.4, 0.5) is 0 Å². The van der Waals surface area contributed by atoms with Crippen molar-refractivity contribution in [2.75, 3.05) is 6.61 Å². The number of imidazole rings is 1. The second-order valence-corrected chi connectivity index (χ2v) is 4.42. The van der Waals surface area contributed by atoms with Gasteiger partial charge in [-0.05, 0) is 0 Å². The highest BCUT2D eigenvalue weighted by atomic mass is 32.1. The number of aryl methyl sites for hydroxylation is 1. The SMILES string of the molecule is Cn1ccnc1CCOc1csc(C(=O)O)c1. The zero-order chi connectivity index (χ0) is 12.3.